The molecule has 1 amide bonds. The molecule has 58 valence electrons. The molecule has 0 aliphatic carbocycles. The van der Waals surface area contributed by atoms with Crippen molar-refractivity contribution in [3.8, 4) is 0 Å². The summed E-state index contributed by atoms with van der Waals surface area (Å²) in [4.78, 5) is 11.0. The van der Waals surface area contributed by atoms with Crippen LogP contribution in [0.15, 0.2) is 11.1 Å². The zero-order valence-corrected chi connectivity index (χ0v) is 7.49. The Morgan fingerprint density at radius 2 is 1.70 bits per heavy atom. The van der Waals surface area contributed by atoms with Crippen LogP contribution in [0.4, 0.5) is 0 Å². The zero-order chi connectivity index (χ0) is 8.31. The van der Waals surface area contributed by atoms with Crippen molar-refractivity contribution in [1.82, 2.24) is 4.42 Å². The fraction of sp³-hybridized carbons (Fsp3) is 0.571. The number of amides is 1. The zero-order valence-electron chi connectivity index (χ0n) is 6.73. The monoisotopic (exact) mass is 161 g/mol. The number of halogens is 1. The van der Waals surface area contributed by atoms with E-state index in [1.807, 2.05) is 13.8 Å². The summed E-state index contributed by atoms with van der Waals surface area (Å²) in [5.74, 6) is -0.137. The third-order valence-electron chi connectivity index (χ3n) is 1.35. The second kappa shape index (κ2) is 3.62. The highest BCUT2D eigenvalue weighted by Gasteiger charge is 2.08. The Balaban J connectivity index is 4.38. The van der Waals surface area contributed by atoms with Crippen molar-refractivity contribution in [1.29, 1.82) is 0 Å². The predicted octanol–water partition coefficient (Wildman–Crippen LogP) is 1.95. The van der Waals surface area contributed by atoms with Gasteiger partial charge in [0.15, 0.2) is 0 Å². The third kappa shape index (κ3) is 2.40. The number of allylic oxidation sites excluding steroid dienone is 1. The summed E-state index contributed by atoms with van der Waals surface area (Å²) >= 11 is 5.42. The van der Waals surface area contributed by atoms with Gasteiger partial charge in [-0.3, -0.25) is 9.21 Å². The van der Waals surface area contributed by atoms with Gasteiger partial charge in [-0.1, -0.05) is 5.57 Å². The van der Waals surface area contributed by atoms with Crippen LogP contribution >= 0.6 is 11.8 Å². The first kappa shape index (κ1) is 9.50. The number of carbonyl (C=O) groups is 1. The van der Waals surface area contributed by atoms with Crippen molar-refractivity contribution in [3.63, 3.8) is 0 Å². The van der Waals surface area contributed by atoms with Crippen molar-refractivity contribution in [2.75, 3.05) is 7.05 Å². The van der Waals surface area contributed by atoms with Gasteiger partial charge in [0.1, 0.15) is 0 Å². The minimum atomic E-state index is -0.137. The van der Waals surface area contributed by atoms with Gasteiger partial charge in [0.25, 0.3) is 5.91 Å². The van der Waals surface area contributed by atoms with E-state index >= 15 is 0 Å². The lowest BCUT2D eigenvalue weighted by atomic mass is 10.2. The topological polar surface area (TPSA) is 20.3 Å². The van der Waals surface area contributed by atoms with Gasteiger partial charge in [-0.25, -0.2) is 0 Å². The molecule has 0 saturated carbocycles. The average molecular weight is 162 g/mol. The largest absolute Gasteiger partial charge is 0.268 e. The highest BCUT2D eigenvalue weighted by molar-refractivity contribution is 6.23. The van der Waals surface area contributed by atoms with Crippen molar-refractivity contribution < 1.29 is 4.79 Å². The van der Waals surface area contributed by atoms with E-state index in [1.54, 1.807) is 6.92 Å². The normalized spacial score (nSPS) is 8.90. The predicted molar refractivity (Wildman–Crippen MR) is 42.7 cm³/mol. The average Bonchev–Trinajstić information content (AvgIpc) is 1.84. The first-order valence-electron chi connectivity index (χ1n) is 3.04. The summed E-state index contributed by atoms with van der Waals surface area (Å²) in [6.07, 6.45) is 0. The van der Waals surface area contributed by atoms with Crippen molar-refractivity contribution in [2.45, 2.75) is 20.8 Å². The molecule has 0 radical (unpaired) electrons. The van der Waals surface area contributed by atoms with E-state index in [9.17, 15) is 4.79 Å². The maximum absolute atomic E-state index is 11.0. The fourth-order valence-corrected chi connectivity index (χ4v) is 0.572. The summed E-state index contributed by atoms with van der Waals surface area (Å²) in [7, 11) is 1.52. The van der Waals surface area contributed by atoms with Gasteiger partial charge < -0.3 is 0 Å². The second-order valence-corrected chi connectivity index (χ2v) is 2.91. The Morgan fingerprint density at radius 3 is 1.80 bits per heavy atom. The quantitative estimate of drug-likeness (QED) is 0.425. The Morgan fingerprint density at radius 1 is 1.30 bits per heavy atom. The van der Waals surface area contributed by atoms with E-state index in [0.29, 0.717) is 5.57 Å². The van der Waals surface area contributed by atoms with Crippen LogP contribution < -0.4 is 0 Å². The first-order valence-corrected chi connectivity index (χ1v) is 3.38. The number of hydrogen-bond donors (Lipinski definition) is 0. The molecule has 0 bridgehead atoms. The molecule has 0 atom stereocenters. The number of rotatable bonds is 1. The van der Waals surface area contributed by atoms with Crippen molar-refractivity contribution in [3.05, 3.63) is 11.1 Å². The number of likely N-dealkylation sites (N-methyl/N-ethyl adjacent to an activating group) is 1. The molecule has 0 aliphatic rings. The minimum absolute atomic E-state index is 0.137. The molecule has 3 heteroatoms. The molecule has 0 rings (SSSR count). The van der Waals surface area contributed by atoms with Gasteiger partial charge in [-0.05, 0) is 20.8 Å². The van der Waals surface area contributed by atoms with E-state index in [-0.39, 0.29) is 5.91 Å². The summed E-state index contributed by atoms with van der Waals surface area (Å²) in [6, 6.07) is 0. The lowest BCUT2D eigenvalue weighted by Gasteiger charge is -2.07. The molecule has 0 heterocycles. The summed E-state index contributed by atoms with van der Waals surface area (Å²) < 4.78 is 1.06. The molecular weight excluding hydrogens is 150 g/mol. The molecule has 0 aromatic rings. The van der Waals surface area contributed by atoms with E-state index in [2.05, 4.69) is 0 Å². The Hall–Kier alpha value is -0.500. The Bertz CT molecular complexity index is 168. The van der Waals surface area contributed by atoms with Crippen LogP contribution in [-0.4, -0.2) is 17.4 Å². The van der Waals surface area contributed by atoms with Gasteiger partial charge in [0, 0.05) is 24.4 Å². The van der Waals surface area contributed by atoms with Crippen LogP contribution in [0.3, 0.4) is 0 Å². The molecule has 0 spiro atoms. The number of nitrogens with zero attached hydrogens (tertiary/aromatic N) is 1. The summed E-state index contributed by atoms with van der Waals surface area (Å²) in [5, 5.41) is 0. The lowest BCUT2D eigenvalue weighted by Crippen LogP contribution is -2.17. The van der Waals surface area contributed by atoms with E-state index in [0.717, 1.165) is 9.99 Å². The van der Waals surface area contributed by atoms with Gasteiger partial charge in [-0.15, -0.1) is 0 Å². The molecule has 0 unspecified atom stereocenters. The van der Waals surface area contributed by atoms with Crippen LogP contribution in [0.5, 0.6) is 0 Å². The molecule has 0 saturated heterocycles. The summed E-state index contributed by atoms with van der Waals surface area (Å²) in [5.41, 5.74) is 1.70. The van der Waals surface area contributed by atoms with Gasteiger partial charge in [-0.2, -0.15) is 0 Å². The minimum Gasteiger partial charge on any atom is -0.268 e. The van der Waals surface area contributed by atoms with E-state index in [4.69, 9.17) is 11.8 Å². The number of carbonyl (C=O) groups excluding carboxylic acids is 1. The Labute approximate surface area is 66.6 Å². The van der Waals surface area contributed by atoms with Crippen LogP contribution in [0, 0.1) is 0 Å². The molecule has 2 nitrogen and oxygen atoms in total. The molecular formula is C7H12ClNO. The van der Waals surface area contributed by atoms with Gasteiger partial charge in [0.05, 0.1) is 0 Å². The molecule has 0 aromatic carbocycles. The highest BCUT2D eigenvalue weighted by Crippen LogP contribution is 2.06. The maximum atomic E-state index is 11.0. The van der Waals surface area contributed by atoms with E-state index < -0.39 is 0 Å². The summed E-state index contributed by atoms with van der Waals surface area (Å²) in [6.45, 7) is 5.53. The van der Waals surface area contributed by atoms with Crippen LogP contribution in [0.2, 0.25) is 0 Å². The van der Waals surface area contributed by atoms with Crippen LogP contribution in [0.1, 0.15) is 20.8 Å². The van der Waals surface area contributed by atoms with Crippen LogP contribution in [0.25, 0.3) is 0 Å². The highest BCUT2D eigenvalue weighted by atomic mass is 35.5. The van der Waals surface area contributed by atoms with Gasteiger partial charge >= 0.3 is 0 Å². The second-order valence-electron chi connectivity index (χ2n) is 2.41. The number of hydrogen-bond acceptors (Lipinski definition) is 1. The molecule has 0 N–H and O–H groups in total. The van der Waals surface area contributed by atoms with Gasteiger partial charge in [0.2, 0.25) is 0 Å². The third-order valence-corrected chi connectivity index (χ3v) is 1.50. The molecule has 0 fully saturated rings. The van der Waals surface area contributed by atoms with E-state index in [1.165, 1.54) is 7.05 Å². The SMILES string of the molecule is CC(C)=C(C)C(=O)N(C)Cl. The molecule has 0 aliphatic heterocycles. The smallest absolute Gasteiger partial charge is 0.263 e. The maximum Gasteiger partial charge on any atom is 0.263 e. The molecule has 10 heavy (non-hydrogen) atoms. The van der Waals surface area contributed by atoms with Crippen molar-refractivity contribution in [2.24, 2.45) is 0 Å². The lowest BCUT2D eigenvalue weighted by molar-refractivity contribution is -0.121. The van der Waals surface area contributed by atoms with Crippen molar-refractivity contribution >= 4 is 17.7 Å². The Kier molecular flexibility index (Phi) is 3.43. The fourth-order valence-electron chi connectivity index (χ4n) is 0.445. The first-order chi connectivity index (χ1) is 4.46. The molecule has 0 aromatic heterocycles. The van der Waals surface area contributed by atoms with Crippen LogP contribution in [-0.2, 0) is 4.79 Å². The standard InChI is InChI=1S/C7H12ClNO/c1-5(2)6(3)7(10)9(4)8/h1-4H3.